The van der Waals surface area contributed by atoms with E-state index in [-0.39, 0.29) is 29.6 Å². The van der Waals surface area contributed by atoms with Crippen LogP contribution in [0.1, 0.15) is 42.1 Å². The van der Waals surface area contributed by atoms with Crippen molar-refractivity contribution < 1.29 is 35.9 Å². The molecule has 4 rings (SSSR count). The summed E-state index contributed by atoms with van der Waals surface area (Å²) in [5.41, 5.74) is 0.888. The largest absolute Gasteiger partial charge is 0.484 e. The Bertz CT molecular complexity index is 1270. The average molecular weight is 520 g/mol. The molecule has 1 heterocycles. The molecular formula is C27H22F6N2O2. The van der Waals surface area contributed by atoms with E-state index in [9.17, 15) is 31.1 Å². The molecule has 194 valence electrons. The molecule has 1 amide bonds. The summed E-state index contributed by atoms with van der Waals surface area (Å²) in [4.78, 5) is 19.4. The molecule has 1 fully saturated rings. The molecule has 4 nitrogen and oxygen atoms in total. The summed E-state index contributed by atoms with van der Waals surface area (Å²) in [5, 5.41) is 0. The Morgan fingerprint density at radius 1 is 0.946 bits per heavy atom. The van der Waals surface area contributed by atoms with Gasteiger partial charge in [0.1, 0.15) is 11.5 Å². The van der Waals surface area contributed by atoms with Crippen LogP contribution in [0.5, 0.6) is 5.75 Å². The summed E-state index contributed by atoms with van der Waals surface area (Å²) in [6, 6.07) is 18.2. The molecule has 0 bridgehead atoms. The van der Waals surface area contributed by atoms with Crippen molar-refractivity contribution in [1.82, 2.24) is 0 Å². The average Bonchev–Trinajstić information content (AvgIpc) is 3.18. The standard InChI is InChI=1S/C27H22F6N2O2/c1-17(18-6-3-2-4-7-18)34-23-15-24(19-8-5-9-22(14-19)37-16-26(28,29)30)35(25(23)36)21-12-10-20(11-13-21)27(31,32)33/h2-14,17,24H,15-16H2,1H3/t17-,24+/m1/s1. The lowest BCUT2D eigenvalue weighted by Crippen LogP contribution is -2.29. The van der Waals surface area contributed by atoms with Gasteiger partial charge in [-0.3, -0.25) is 14.7 Å². The molecule has 3 aromatic carbocycles. The zero-order valence-corrected chi connectivity index (χ0v) is 19.6. The first kappa shape index (κ1) is 26.2. The zero-order chi connectivity index (χ0) is 26.8. The lowest BCUT2D eigenvalue weighted by Gasteiger charge is -2.25. The third-order valence-corrected chi connectivity index (χ3v) is 5.91. The number of anilines is 1. The van der Waals surface area contributed by atoms with Crippen LogP contribution >= 0.6 is 0 Å². The van der Waals surface area contributed by atoms with Crippen molar-refractivity contribution in [2.75, 3.05) is 11.5 Å². The molecule has 37 heavy (non-hydrogen) atoms. The van der Waals surface area contributed by atoms with Crippen LogP contribution in [0.2, 0.25) is 0 Å². The van der Waals surface area contributed by atoms with Crippen molar-refractivity contribution >= 4 is 17.3 Å². The van der Waals surface area contributed by atoms with E-state index in [4.69, 9.17) is 4.74 Å². The van der Waals surface area contributed by atoms with E-state index in [0.717, 1.165) is 17.7 Å². The molecule has 2 atom stereocenters. The van der Waals surface area contributed by atoms with Gasteiger partial charge in [-0.1, -0.05) is 42.5 Å². The fourth-order valence-electron chi connectivity index (χ4n) is 4.14. The van der Waals surface area contributed by atoms with Gasteiger partial charge in [-0.2, -0.15) is 26.3 Å². The van der Waals surface area contributed by atoms with Gasteiger partial charge in [0.25, 0.3) is 5.91 Å². The van der Waals surface area contributed by atoms with Crippen molar-refractivity contribution in [2.45, 2.75) is 37.8 Å². The van der Waals surface area contributed by atoms with Gasteiger partial charge in [0.2, 0.25) is 0 Å². The molecule has 3 aromatic rings. The van der Waals surface area contributed by atoms with Gasteiger partial charge in [0.15, 0.2) is 6.61 Å². The summed E-state index contributed by atoms with van der Waals surface area (Å²) in [6.07, 6.45) is -8.96. The van der Waals surface area contributed by atoms with Gasteiger partial charge < -0.3 is 4.74 Å². The molecule has 0 N–H and O–H groups in total. The van der Waals surface area contributed by atoms with Gasteiger partial charge in [0, 0.05) is 12.1 Å². The lowest BCUT2D eigenvalue weighted by molar-refractivity contribution is -0.153. The summed E-state index contributed by atoms with van der Waals surface area (Å²) >= 11 is 0. The maximum Gasteiger partial charge on any atom is 0.422 e. The highest BCUT2D eigenvalue weighted by Gasteiger charge is 2.40. The van der Waals surface area contributed by atoms with Gasteiger partial charge in [-0.25, -0.2) is 0 Å². The first-order valence-electron chi connectivity index (χ1n) is 11.3. The number of aliphatic imine (C=N–C) groups is 1. The molecule has 0 radical (unpaired) electrons. The number of alkyl halides is 6. The highest BCUT2D eigenvalue weighted by Crippen LogP contribution is 2.39. The van der Waals surface area contributed by atoms with Crippen LogP contribution in [-0.2, 0) is 11.0 Å². The smallest absolute Gasteiger partial charge is 0.422 e. The summed E-state index contributed by atoms with van der Waals surface area (Å²) in [5.74, 6) is -0.535. The van der Waals surface area contributed by atoms with Crippen LogP contribution in [0.3, 0.4) is 0 Å². The van der Waals surface area contributed by atoms with Crippen molar-refractivity contribution in [3.05, 3.63) is 95.6 Å². The van der Waals surface area contributed by atoms with Crippen LogP contribution in [-0.4, -0.2) is 24.4 Å². The maximum atomic E-state index is 13.5. The second kappa shape index (κ2) is 10.3. The lowest BCUT2D eigenvalue weighted by atomic mass is 10.0. The Hall–Kier alpha value is -3.82. The maximum absolute atomic E-state index is 13.5. The van der Waals surface area contributed by atoms with E-state index >= 15 is 0 Å². The van der Waals surface area contributed by atoms with E-state index in [2.05, 4.69) is 4.99 Å². The quantitative estimate of drug-likeness (QED) is 0.320. The van der Waals surface area contributed by atoms with Crippen LogP contribution in [0.4, 0.5) is 32.0 Å². The second-order valence-electron chi connectivity index (χ2n) is 8.58. The zero-order valence-electron chi connectivity index (χ0n) is 19.6. The molecule has 0 unspecified atom stereocenters. The predicted octanol–water partition coefficient (Wildman–Crippen LogP) is 7.33. The molecule has 0 saturated carbocycles. The number of carbonyl (C=O) groups is 1. The number of halogens is 6. The topological polar surface area (TPSA) is 41.9 Å². The second-order valence-corrected chi connectivity index (χ2v) is 8.58. The SMILES string of the molecule is C[C@@H](N=C1C[C@@H](c2cccc(OCC(F)(F)F)c2)N(c2ccc(C(F)(F)F)cc2)C1=O)c1ccccc1. The minimum absolute atomic E-state index is 0.0438. The van der Waals surface area contributed by atoms with E-state index in [1.54, 1.807) is 6.07 Å². The Morgan fingerprint density at radius 3 is 2.24 bits per heavy atom. The number of hydrogen-bond acceptors (Lipinski definition) is 3. The number of carbonyl (C=O) groups excluding carboxylic acids is 1. The monoisotopic (exact) mass is 520 g/mol. The van der Waals surface area contributed by atoms with E-state index < -0.39 is 36.5 Å². The highest BCUT2D eigenvalue weighted by molar-refractivity contribution is 6.46. The summed E-state index contributed by atoms with van der Waals surface area (Å²) in [7, 11) is 0. The molecule has 0 aliphatic carbocycles. The molecule has 10 heteroatoms. The summed E-state index contributed by atoms with van der Waals surface area (Å²) < 4.78 is 82.0. The normalized spacial score (nSPS) is 18.4. The Morgan fingerprint density at radius 2 is 1.62 bits per heavy atom. The number of ether oxygens (including phenoxy) is 1. The minimum Gasteiger partial charge on any atom is -0.484 e. The van der Waals surface area contributed by atoms with Crippen molar-refractivity contribution in [2.24, 2.45) is 4.99 Å². The number of nitrogens with zero attached hydrogens (tertiary/aromatic N) is 2. The Labute approximate surface area is 209 Å². The molecule has 1 aliphatic rings. The number of rotatable bonds is 6. The van der Waals surface area contributed by atoms with Crippen LogP contribution in [0, 0.1) is 0 Å². The highest BCUT2D eigenvalue weighted by atomic mass is 19.4. The fourth-order valence-corrected chi connectivity index (χ4v) is 4.14. The Balaban J connectivity index is 1.70. The molecular weight excluding hydrogens is 498 g/mol. The van der Waals surface area contributed by atoms with Crippen LogP contribution in [0.15, 0.2) is 83.9 Å². The van der Waals surface area contributed by atoms with E-state index in [0.29, 0.717) is 5.56 Å². The van der Waals surface area contributed by atoms with Crippen molar-refractivity contribution in [3.8, 4) is 5.75 Å². The molecule has 0 aromatic heterocycles. The van der Waals surface area contributed by atoms with Gasteiger partial charge in [0.05, 0.1) is 17.6 Å². The molecule has 1 saturated heterocycles. The predicted molar refractivity (Wildman–Crippen MR) is 127 cm³/mol. The number of hydrogen-bond donors (Lipinski definition) is 0. The molecule has 1 aliphatic heterocycles. The third-order valence-electron chi connectivity index (χ3n) is 5.91. The first-order chi connectivity index (χ1) is 17.4. The Kier molecular flexibility index (Phi) is 7.29. The summed E-state index contributed by atoms with van der Waals surface area (Å²) in [6.45, 7) is 0.334. The van der Waals surface area contributed by atoms with E-state index in [1.807, 2.05) is 37.3 Å². The number of benzene rings is 3. The van der Waals surface area contributed by atoms with Gasteiger partial charge >= 0.3 is 12.4 Å². The van der Waals surface area contributed by atoms with E-state index in [1.165, 1.54) is 35.2 Å². The van der Waals surface area contributed by atoms with Crippen molar-refractivity contribution in [1.29, 1.82) is 0 Å². The van der Waals surface area contributed by atoms with Crippen LogP contribution < -0.4 is 9.64 Å². The van der Waals surface area contributed by atoms with Crippen molar-refractivity contribution in [3.63, 3.8) is 0 Å². The number of amides is 1. The minimum atomic E-state index is -4.55. The fraction of sp³-hybridized carbons (Fsp3) is 0.259. The van der Waals surface area contributed by atoms with Crippen LogP contribution in [0.25, 0.3) is 0 Å². The molecule has 0 spiro atoms. The van der Waals surface area contributed by atoms with Gasteiger partial charge in [-0.05, 0) is 54.4 Å². The third kappa shape index (κ3) is 6.31. The van der Waals surface area contributed by atoms with Gasteiger partial charge in [-0.15, -0.1) is 0 Å². The first-order valence-corrected chi connectivity index (χ1v) is 11.3.